The molecule has 0 aliphatic carbocycles. The lowest BCUT2D eigenvalue weighted by atomic mass is 10.1. The van der Waals surface area contributed by atoms with Crippen LogP contribution in [0.1, 0.15) is 24.8 Å². The molecule has 0 saturated carbocycles. The van der Waals surface area contributed by atoms with E-state index in [-0.39, 0.29) is 11.6 Å². The van der Waals surface area contributed by atoms with Gasteiger partial charge in [0.1, 0.15) is 11.6 Å². The van der Waals surface area contributed by atoms with E-state index in [4.69, 9.17) is 0 Å². The van der Waals surface area contributed by atoms with Gasteiger partial charge >= 0.3 is 0 Å². The van der Waals surface area contributed by atoms with Crippen LogP contribution in [0, 0.1) is 11.6 Å². The fourth-order valence-electron chi connectivity index (χ4n) is 2.33. The Morgan fingerprint density at radius 1 is 1.28 bits per heavy atom. The molecule has 1 aromatic carbocycles. The Balaban J connectivity index is 1.69. The van der Waals surface area contributed by atoms with Crippen molar-refractivity contribution < 1.29 is 8.78 Å². The molecule has 1 aromatic rings. The normalized spacial score (nSPS) is 20.0. The molecular formula is C14H20F2N2. The molecule has 1 atom stereocenters. The van der Waals surface area contributed by atoms with Gasteiger partial charge in [0.05, 0.1) is 0 Å². The van der Waals surface area contributed by atoms with Crippen molar-refractivity contribution in [1.29, 1.82) is 0 Å². The Labute approximate surface area is 107 Å². The Morgan fingerprint density at radius 2 is 2.17 bits per heavy atom. The van der Waals surface area contributed by atoms with E-state index in [2.05, 4.69) is 10.6 Å². The highest BCUT2D eigenvalue weighted by Gasteiger charge is 2.11. The van der Waals surface area contributed by atoms with Gasteiger partial charge in [-0.05, 0) is 56.1 Å². The third-order valence-corrected chi connectivity index (χ3v) is 3.38. The first-order chi connectivity index (χ1) is 8.75. The van der Waals surface area contributed by atoms with Crippen LogP contribution in [-0.2, 0) is 6.42 Å². The quantitative estimate of drug-likeness (QED) is 0.787. The van der Waals surface area contributed by atoms with E-state index in [1.165, 1.54) is 31.4 Å². The van der Waals surface area contributed by atoms with Gasteiger partial charge in [-0.1, -0.05) is 6.42 Å². The lowest BCUT2D eigenvalue weighted by Gasteiger charge is -2.23. The first-order valence-corrected chi connectivity index (χ1v) is 6.64. The highest BCUT2D eigenvalue weighted by atomic mass is 19.1. The van der Waals surface area contributed by atoms with Crippen molar-refractivity contribution in [2.45, 2.75) is 31.7 Å². The van der Waals surface area contributed by atoms with E-state index in [9.17, 15) is 8.78 Å². The summed E-state index contributed by atoms with van der Waals surface area (Å²) >= 11 is 0. The molecule has 1 unspecified atom stereocenters. The standard InChI is InChI=1S/C14H20F2N2/c15-12-4-5-14(16)11(9-12)6-8-17-10-13-3-1-2-7-18-13/h4-5,9,13,17-18H,1-3,6-8,10H2. The Kier molecular flexibility index (Phi) is 5.08. The maximum atomic E-state index is 13.3. The molecule has 2 nitrogen and oxygen atoms in total. The molecule has 0 bridgehead atoms. The zero-order chi connectivity index (χ0) is 12.8. The highest BCUT2D eigenvalue weighted by molar-refractivity contribution is 5.18. The number of rotatable bonds is 5. The Bertz CT molecular complexity index is 376. The fourth-order valence-corrected chi connectivity index (χ4v) is 2.33. The lowest BCUT2D eigenvalue weighted by Crippen LogP contribution is -2.42. The maximum Gasteiger partial charge on any atom is 0.126 e. The molecule has 1 aliphatic heterocycles. The van der Waals surface area contributed by atoms with Crippen LogP contribution in [0.15, 0.2) is 18.2 Å². The van der Waals surface area contributed by atoms with Gasteiger partial charge in [0.15, 0.2) is 0 Å². The van der Waals surface area contributed by atoms with Crippen molar-refractivity contribution in [3.05, 3.63) is 35.4 Å². The van der Waals surface area contributed by atoms with Crippen LogP contribution in [0.2, 0.25) is 0 Å². The molecule has 2 rings (SSSR count). The Morgan fingerprint density at radius 3 is 2.94 bits per heavy atom. The monoisotopic (exact) mass is 254 g/mol. The van der Waals surface area contributed by atoms with Gasteiger partial charge in [-0.2, -0.15) is 0 Å². The number of hydrogen-bond donors (Lipinski definition) is 2. The average molecular weight is 254 g/mol. The van der Waals surface area contributed by atoms with E-state index in [0.717, 1.165) is 19.2 Å². The van der Waals surface area contributed by atoms with E-state index >= 15 is 0 Å². The van der Waals surface area contributed by atoms with Gasteiger partial charge in [-0.15, -0.1) is 0 Å². The van der Waals surface area contributed by atoms with Crippen molar-refractivity contribution in [1.82, 2.24) is 10.6 Å². The molecule has 1 saturated heterocycles. The smallest absolute Gasteiger partial charge is 0.126 e. The van der Waals surface area contributed by atoms with Gasteiger partial charge < -0.3 is 10.6 Å². The van der Waals surface area contributed by atoms with Crippen molar-refractivity contribution in [3.63, 3.8) is 0 Å². The number of nitrogens with one attached hydrogen (secondary N) is 2. The van der Waals surface area contributed by atoms with Crippen LogP contribution >= 0.6 is 0 Å². The predicted octanol–water partition coefficient (Wildman–Crippen LogP) is 2.24. The van der Waals surface area contributed by atoms with Crippen molar-refractivity contribution in [2.24, 2.45) is 0 Å². The summed E-state index contributed by atoms with van der Waals surface area (Å²) in [7, 11) is 0. The minimum atomic E-state index is -0.375. The van der Waals surface area contributed by atoms with Crippen LogP contribution in [0.4, 0.5) is 8.78 Å². The topological polar surface area (TPSA) is 24.1 Å². The summed E-state index contributed by atoms with van der Waals surface area (Å²) in [5.41, 5.74) is 0.444. The van der Waals surface area contributed by atoms with Crippen LogP contribution in [0.5, 0.6) is 0 Å². The molecule has 100 valence electrons. The SMILES string of the molecule is Fc1ccc(F)c(CCNCC2CCCCN2)c1. The molecule has 1 fully saturated rings. The molecule has 4 heteroatoms. The molecule has 18 heavy (non-hydrogen) atoms. The first-order valence-electron chi connectivity index (χ1n) is 6.64. The zero-order valence-corrected chi connectivity index (χ0v) is 10.5. The van der Waals surface area contributed by atoms with Crippen LogP contribution in [0.3, 0.4) is 0 Å². The van der Waals surface area contributed by atoms with Crippen molar-refractivity contribution >= 4 is 0 Å². The van der Waals surface area contributed by atoms with Gasteiger partial charge in [0.25, 0.3) is 0 Å². The van der Waals surface area contributed by atoms with Crippen LogP contribution in [0.25, 0.3) is 0 Å². The lowest BCUT2D eigenvalue weighted by molar-refractivity contribution is 0.384. The summed E-state index contributed by atoms with van der Waals surface area (Å²) in [5.74, 6) is -0.700. The molecule has 0 amide bonds. The fraction of sp³-hybridized carbons (Fsp3) is 0.571. The summed E-state index contributed by atoms with van der Waals surface area (Å²) in [5, 5.41) is 6.74. The molecule has 0 aromatic heterocycles. The van der Waals surface area contributed by atoms with Gasteiger partial charge in [-0.25, -0.2) is 8.78 Å². The molecule has 0 spiro atoms. The minimum Gasteiger partial charge on any atom is -0.315 e. The number of halogens is 2. The maximum absolute atomic E-state index is 13.3. The highest BCUT2D eigenvalue weighted by Crippen LogP contribution is 2.10. The third-order valence-electron chi connectivity index (χ3n) is 3.38. The van der Waals surface area contributed by atoms with Crippen molar-refractivity contribution in [2.75, 3.05) is 19.6 Å². The predicted molar refractivity (Wildman–Crippen MR) is 68.6 cm³/mol. The summed E-state index contributed by atoms with van der Waals surface area (Å²) in [6.07, 6.45) is 4.25. The van der Waals surface area contributed by atoms with Gasteiger partial charge in [-0.3, -0.25) is 0 Å². The summed E-state index contributed by atoms with van der Waals surface area (Å²) in [6, 6.07) is 4.14. The van der Waals surface area contributed by atoms with E-state index < -0.39 is 0 Å². The third kappa shape index (κ3) is 4.03. The summed E-state index contributed by atoms with van der Waals surface area (Å²) in [6.45, 7) is 2.67. The van der Waals surface area contributed by atoms with Gasteiger partial charge in [0, 0.05) is 12.6 Å². The second-order valence-electron chi connectivity index (χ2n) is 4.84. The van der Waals surface area contributed by atoms with E-state index in [1.54, 1.807) is 0 Å². The average Bonchev–Trinajstić information content (AvgIpc) is 2.40. The molecule has 2 N–H and O–H groups in total. The summed E-state index contributed by atoms with van der Waals surface area (Å²) < 4.78 is 26.3. The van der Waals surface area contributed by atoms with Gasteiger partial charge in [0.2, 0.25) is 0 Å². The molecule has 1 heterocycles. The summed E-state index contributed by atoms with van der Waals surface area (Å²) in [4.78, 5) is 0. The van der Waals surface area contributed by atoms with E-state index in [1.807, 2.05) is 0 Å². The number of benzene rings is 1. The van der Waals surface area contributed by atoms with Crippen LogP contribution < -0.4 is 10.6 Å². The number of hydrogen-bond acceptors (Lipinski definition) is 2. The van der Waals surface area contributed by atoms with Crippen LogP contribution in [-0.4, -0.2) is 25.7 Å². The minimum absolute atomic E-state index is 0.325. The van der Waals surface area contributed by atoms with E-state index in [0.29, 0.717) is 24.6 Å². The Hall–Kier alpha value is -1.00. The number of piperidine rings is 1. The molecule has 0 radical (unpaired) electrons. The first kappa shape index (κ1) is 13.4. The zero-order valence-electron chi connectivity index (χ0n) is 10.5. The molecule has 1 aliphatic rings. The second-order valence-corrected chi connectivity index (χ2v) is 4.84. The second kappa shape index (κ2) is 6.81. The van der Waals surface area contributed by atoms with Crippen molar-refractivity contribution in [3.8, 4) is 0 Å². The largest absolute Gasteiger partial charge is 0.315 e. The molecular weight excluding hydrogens is 234 g/mol.